The van der Waals surface area contributed by atoms with Crippen LogP contribution >= 0.6 is 15.9 Å². The first kappa shape index (κ1) is 13.1. The van der Waals surface area contributed by atoms with E-state index in [9.17, 15) is 5.11 Å². The molecule has 3 nitrogen and oxygen atoms in total. The van der Waals surface area contributed by atoms with Crippen molar-refractivity contribution in [3.8, 4) is 5.75 Å². The van der Waals surface area contributed by atoms with E-state index >= 15 is 0 Å². The molecule has 0 aromatic heterocycles. The van der Waals surface area contributed by atoms with Crippen molar-refractivity contribution in [3.05, 3.63) is 27.7 Å². The molecule has 4 unspecified atom stereocenters. The summed E-state index contributed by atoms with van der Waals surface area (Å²) in [7, 11) is 0. The first-order chi connectivity index (χ1) is 9.70. The van der Waals surface area contributed by atoms with Gasteiger partial charge in [-0.2, -0.15) is 0 Å². The second-order valence-corrected chi connectivity index (χ2v) is 7.11. The quantitative estimate of drug-likeness (QED) is 0.920. The molecule has 0 saturated carbocycles. The molecule has 3 aliphatic rings. The smallest absolute Gasteiger partial charge is 0.125 e. The third-order valence-electron chi connectivity index (χ3n) is 4.90. The number of benzene rings is 1. The number of aliphatic hydroxyl groups excluding tert-OH is 1. The van der Waals surface area contributed by atoms with Crippen LogP contribution in [0.4, 0.5) is 0 Å². The third kappa shape index (κ3) is 2.18. The van der Waals surface area contributed by atoms with Crippen molar-refractivity contribution in [2.75, 3.05) is 6.61 Å². The Morgan fingerprint density at radius 1 is 1.35 bits per heavy atom. The zero-order chi connectivity index (χ0) is 13.7. The lowest BCUT2D eigenvalue weighted by molar-refractivity contribution is 0.0429. The predicted octanol–water partition coefficient (Wildman–Crippen LogP) is 2.85. The van der Waals surface area contributed by atoms with E-state index in [4.69, 9.17) is 9.47 Å². The highest BCUT2D eigenvalue weighted by molar-refractivity contribution is 9.10. The van der Waals surface area contributed by atoms with E-state index in [1.165, 1.54) is 12.0 Å². The van der Waals surface area contributed by atoms with E-state index in [1.54, 1.807) is 0 Å². The Hall–Kier alpha value is -0.580. The minimum atomic E-state index is -0.326. The fraction of sp³-hybridized carbons (Fsp3) is 0.625. The largest absolute Gasteiger partial charge is 0.493 e. The van der Waals surface area contributed by atoms with E-state index in [-0.39, 0.29) is 12.2 Å². The molecule has 0 amide bonds. The third-order valence-corrected chi connectivity index (χ3v) is 5.36. The Bertz CT molecular complexity index is 531. The first-order valence-electron chi connectivity index (χ1n) is 7.48. The van der Waals surface area contributed by atoms with Crippen LogP contribution in [-0.2, 0) is 17.6 Å². The van der Waals surface area contributed by atoms with Crippen LogP contribution in [0.2, 0.25) is 0 Å². The Balaban J connectivity index is 1.54. The van der Waals surface area contributed by atoms with Crippen molar-refractivity contribution in [2.24, 2.45) is 5.92 Å². The van der Waals surface area contributed by atoms with Gasteiger partial charge in [-0.1, -0.05) is 15.9 Å². The molecule has 108 valence electrons. The Kier molecular flexibility index (Phi) is 3.28. The zero-order valence-electron chi connectivity index (χ0n) is 11.3. The summed E-state index contributed by atoms with van der Waals surface area (Å²) in [5.41, 5.74) is 2.38. The first-order valence-corrected chi connectivity index (χ1v) is 8.27. The molecule has 0 aliphatic carbocycles. The van der Waals surface area contributed by atoms with Crippen molar-refractivity contribution in [2.45, 2.75) is 50.4 Å². The average molecular weight is 339 g/mol. The topological polar surface area (TPSA) is 38.7 Å². The molecule has 3 aliphatic heterocycles. The van der Waals surface area contributed by atoms with E-state index in [0.717, 1.165) is 41.7 Å². The van der Waals surface area contributed by atoms with Crippen LogP contribution in [0, 0.1) is 5.92 Å². The van der Waals surface area contributed by atoms with E-state index < -0.39 is 0 Å². The summed E-state index contributed by atoms with van der Waals surface area (Å²) in [6.07, 6.45) is 5.27. The van der Waals surface area contributed by atoms with Gasteiger partial charge in [-0.15, -0.1) is 0 Å². The number of hydrogen-bond acceptors (Lipinski definition) is 3. The molecule has 1 aromatic carbocycles. The highest BCUT2D eigenvalue weighted by Gasteiger charge is 2.44. The maximum atomic E-state index is 10.6. The molecule has 4 atom stereocenters. The lowest BCUT2D eigenvalue weighted by atomic mass is 9.83. The molecule has 4 heteroatoms. The molecule has 2 bridgehead atoms. The van der Waals surface area contributed by atoms with Crippen LogP contribution in [0.3, 0.4) is 0 Å². The molecule has 3 heterocycles. The van der Waals surface area contributed by atoms with Gasteiger partial charge in [-0.05, 0) is 42.5 Å². The van der Waals surface area contributed by atoms with Gasteiger partial charge in [-0.25, -0.2) is 0 Å². The monoisotopic (exact) mass is 338 g/mol. The number of hydrogen-bond donors (Lipinski definition) is 1. The second-order valence-electron chi connectivity index (χ2n) is 6.20. The number of ether oxygens (including phenoxy) is 2. The Morgan fingerprint density at radius 3 is 3.00 bits per heavy atom. The Morgan fingerprint density at radius 2 is 2.25 bits per heavy atom. The van der Waals surface area contributed by atoms with Crippen LogP contribution in [0.1, 0.15) is 30.4 Å². The van der Waals surface area contributed by atoms with Crippen molar-refractivity contribution >= 4 is 15.9 Å². The number of fused-ring (bicyclic) bond motifs is 3. The summed E-state index contributed by atoms with van der Waals surface area (Å²) in [4.78, 5) is 0. The maximum Gasteiger partial charge on any atom is 0.125 e. The summed E-state index contributed by atoms with van der Waals surface area (Å²) in [5.74, 6) is 1.29. The van der Waals surface area contributed by atoms with Crippen molar-refractivity contribution in [3.63, 3.8) is 0 Å². The zero-order valence-corrected chi connectivity index (χ0v) is 12.9. The molecule has 0 spiro atoms. The molecule has 2 saturated heterocycles. The van der Waals surface area contributed by atoms with Crippen molar-refractivity contribution in [1.29, 1.82) is 0 Å². The van der Waals surface area contributed by atoms with Crippen molar-refractivity contribution in [1.82, 2.24) is 0 Å². The molecular weight excluding hydrogens is 320 g/mol. The van der Waals surface area contributed by atoms with E-state index in [2.05, 4.69) is 28.1 Å². The van der Waals surface area contributed by atoms with Crippen LogP contribution < -0.4 is 4.74 Å². The predicted molar refractivity (Wildman–Crippen MR) is 79.1 cm³/mol. The molecular formula is C16H19BrO3. The van der Waals surface area contributed by atoms with Crippen LogP contribution in [0.25, 0.3) is 0 Å². The van der Waals surface area contributed by atoms with Gasteiger partial charge in [0, 0.05) is 23.2 Å². The molecule has 20 heavy (non-hydrogen) atoms. The highest BCUT2D eigenvalue weighted by atomic mass is 79.9. The van der Waals surface area contributed by atoms with Gasteiger partial charge >= 0.3 is 0 Å². The minimum Gasteiger partial charge on any atom is -0.493 e. The van der Waals surface area contributed by atoms with Gasteiger partial charge in [0.05, 0.1) is 24.9 Å². The molecule has 0 radical (unpaired) electrons. The summed E-state index contributed by atoms with van der Waals surface area (Å²) in [5, 5.41) is 10.6. The molecule has 2 fully saturated rings. The van der Waals surface area contributed by atoms with Gasteiger partial charge in [0.15, 0.2) is 0 Å². The van der Waals surface area contributed by atoms with Crippen LogP contribution in [0.15, 0.2) is 16.6 Å². The fourth-order valence-electron chi connectivity index (χ4n) is 3.96. The molecule has 1 aromatic rings. The second kappa shape index (κ2) is 5.00. The van der Waals surface area contributed by atoms with E-state index in [1.807, 2.05) is 0 Å². The van der Waals surface area contributed by atoms with Crippen LogP contribution in [-0.4, -0.2) is 30.0 Å². The molecule has 1 N–H and O–H groups in total. The lowest BCUT2D eigenvalue weighted by Crippen LogP contribution is -2.31. The van der Waals surface area contributed by atoms with Gasteiger partial charge in [0.1, 0.15) is 5.75 Å². The number of rotatable bonds is 3. The summed E-state index contributed by atoms with van der Waals surface area (Å²) < 4.78 is 12.7. The van der Waals surface area contributed by atoms with Crippen LogP contribution in [0.5, 0.6) is 5.75 Å². The van der Waals surface area contributed by atoms with Gasteiger partial charge in [-0.3, -0.25) is 0 Å². The van der Waals surface area contributed by atoms with E-state index in [0.29, 0.717) is 18.4 Å². The van der Waals surface area contributed by atoms with Gasteiger partial charge < -0.3 is 14.6 Å². The fourth-order valence-corrected chi connectivity index (χ4v) is 4.51. The SMILES string of the molecule is OC(Cc1cc(Br)cc2c1OCC2)C1CC2CCC1O2. The van der Waals surface area contributed by atoms with Crippen molar-refractivity contribution < 1.29 is 14.6 Å². The minimum absolute atomic E-state index is 0.274. The summed E-state index contributed by atoms with van der Waals surface area (Å²) >= 11 is 3.56. The lowest BCUT2D eigenvalue weighted by Gasteiger charge is -2.25. The standard InChI is InChI=1S/C16H19BrO3/c17-11-5-9-3-4-19-16(9)10(6-11)7-14(18)13-8-12-1-2-15(13)20-12/h5-6,12-15,18H,1-4,7-8H2. The normalized spacial score (nSPS) is 32.2. The van der Waals surface area contributed by atoms with Gasteiger partial charge in [0.25, 0.3) is 0 Å². The average Bonchev–Trinajstić information content (AvgIpc) is 3.13. The Labute approximate surface area is 127 Å². The number of halogens is 1. The maximum absolute atomic E-state index is 10.6. The number of aliphatic hydroxyl groups is 1. The van der Waals surface area contributed by atoms with Gasteiger partial charge in [0.2, 0.25) is 0 Å². The molecule has 4 rings (SSSR count). The summed E-state index contributed by atoms with van der Waals surface area (Å²) in [6.45, 7) is 0.756. The highest BCUT2D eigenvalue weighted by Crippen LogP contribution is 2.42. The summed E-state index contributed by atoms with van der Waals surface area (Å²) in [6, 6.07) is 4.21.